The normalized spacial score (nSPS) is 10.0. The molecule has 0 aliphatic heterocycles. The fourth-order valence-corrected chi connectivity index (χ4v) is 1.78. The Kier molecular flexibility index (Phi) is 4.13. The minimum atomic E-state index is -0.278. The molecule has 0 spiro atoms. The molecular formula is C15H15FN2O. The Morgan fingerprint density at radius 1 is 1.16 bits per heavy atom. The van der Waals surface area contributed by atoms with Crippen LogP contribution in [0, 0.1) is 5.82 Å². The Labute approximate surface area is 111 Å². The lowest BCUT2D eigenvalue weighted by atomic mass is 10.1. The number of hydrogen-bond donors (Lipinski definition) is 2. The number of carbonyl (C=O) groups excluding carboxylic acids is 1. The van der Waals surface area contributed by atoms with Gasteiger partial charge in [-0.25, -0.2) is 4.39 Å². The van der Waals surface area contributed by atoms with Gasteiger partial charge in [-0.1, -0.05) is 24.3 Å². The first-order valence-electron chi connectivity index (χ1n) is 6.00. The third-order valence-electron chi connectivity index (χ3n) is 2.64. The highest BCUT2D eigenvalue weighted by molar-refractivity contribution is 5.89. The molecule has 0 unspecified atom stereocenters. The van der Waals surface area contributed by atoms with Crippen LogP contribution in [-0.2, 0) is 11.3 Å². The predicted molar refractivity (Wildman–Crippen MR) is 74.5 cm³/mol. The topological polar surface area (TPSA) is 41.1 Å². The van der Waals surface area contributed by atoms with Crippen LogP contribution in [0.3, 0.4) is 0 Å². The fourth-order valence-electron chi connectivity index (χ4n) is 1.78. The summed E-state index contributed by atoms with van der Waals surface area (Å²) in [6.07, 6.45) is 0. The maximum absolute atomic E-state index is 13.0. The number of carbonyl (C=O) groups is 1. The van der Waals surface area contributed by atoms with Crippen LogP contribution in [0.15, 0.2) is 48.5 Å². The first-order valence-corrected chi connectivity index (χ1v) is 6.00. The van der Waals surface area contributed by atoms with E-state index < -0.39 is 0 Å². The molecule has 0 bridgehead atoms. The number of amides is 1. The zero-order valence-corrected chi connectivity index (χ0v) is 10.6. The summed E-state index contributed by atoms with van der Waals surface area (Å²) in [5.74, 6) is -0.390. The monoisotopic (exact) mass is 258 g/mol. The van der Waals surface area contributed by atoms with Gasteiger partial charge in [0.1, 0.15) is 5.82 Å². The molecule has 98 valence electrons. The molecule has 0 aliphatic rings. The van der Waals surface area contributed by atoms with Gasteiger partial charge in [-0.05, 0) is 29.8 Å². The van der Waals surface area contributed by atoms with Crippen molar-refractivity contribution < 1.29 is 9.18 Å². The summed E-state index contributed by atoms with van der Waals surface area (Å²) in [5.41, 5.74) is 2.42. The standard InChI is InChI=1S/C15H15FN2O/c1-11(19)18-15-8-3-2-5-12(15)10-17-14-7-4-6-13(16)9-14/h2-9,17H,10H2,1H3,(H,18,19). The number of halogens is 1. The highest BCUT2D eigenvalue weighted by Crippen LogP contribution is 2.17. The van der Waals surface area contributed by atoms with Gasteiger partial charge in [-0.2, -0.15) is 0 Å². The third kappa shape index (κ3) is 3.81. The lowest BCUT2D eigenvalue weighted by molar-refractivity contribution is -0.114. The van der Waals surface area contributed by atoms with E-state index in [0.717, 1.165) is 11.3 Å². The van der Waals surface area contributed by atoms with E-state index in [1.54, 1.807) is 12.1 Å². The molecular weight excluding hydrogens is 243 g/mol. The van der Waals surface area contributed by atoms with Gasteiger partial charge in [0.15, 0.2) is 0 Å². The summed E-state index contributed by atoms with van der Waals surface area (Å²) in [7, 11) is 0. The number of para-hydroxylation sites is 1. The van der Waals surface area contributed by atoms with Crippen LogP contribution >= 0.6 is 0 Å². The summed E-state index contributed by atoms with van der Waals surface area (Å²) in [4.78, 5) is 11.1. The second-order valence-electron chi connectivity index (χ2n) is 4.20. The fraction of sp³-hybridized carbons (Fsp3) is 0.133. The maximum atomic E-state index is 13.0. The Morgan fingerprint density at radius 3 is 2.68 bits per heavy atom. The minimum absolute atomic E-state index is 0.113. The van der Waals surface area contributed by atoms with Gasteiger partial charge in [0.25, 0.3) is 0 Å². The number of nitrogens with one attached hydrogen (secondary N) is 2. The summed E-state index contributed by atoms with van der Waals surface area (Å²) in [5, 5.41) is 5.89. The van der Waals surface area contributed by atoms with Gasteiger partial charge >= 0.3 is 0 Å². The Hall–Kier alpha value is -2.36. The lowest BCUT2D eigenvalue weighted by Gasteiger charge is -2.11. The van der Waals surface area contributed by atoms with E-state index in [4.69, 9.17) is 0 Å². The van der Waals surface area contributed by atoms with Crippen LogP contribution in [-0.4, -0.2) is 5.91 Å². The van der Waals surface area contributed by atoms with Crippen molar-refractivity contribution in [1.29, 1.82) is 0 Å². The molecule has 0 saturated heterocycles. The van der Waals surface area contributed by atoms with Crippen LogP contribution < -0.4 is 10.6 Å². The minimum Gasteiger partial charge on any atom is -0.381 e. The maximum Gasteiger partial charge on any atom is 0.221 e. The zero-order valence-electron chi connectivity index (χ0n) is 10.6. The van der Waals surface area contributed by atoms with E-state index in [1.165, 1.54) is 19.1 Å². The summed E-state index contributed by atoms with van der Waals surface area (Å²) >= 11 is 0. The Morgan fingerprint density at radius 2 is 1.95 bits per heavy atom. The number of benzene rings is 2. The molecule has 0 aliphatic carbocycles. The Bertz CT molecular complexity index is 584. The van der Waals surface area contributed by atoms with Crippen LogP contribution in [0.1, 0.15) is 12.5 Å². The molecule has 19 heavy (non-hydrogen) atoms. The van der Waals surface area contributed by atoms with Gasteiger partial charge in [-0.15, -0.1) is 0 Å². The van der Waals surface area contributed by atoms with Crippen molar-refractivity contribution in [2.45, 2.75) is 13.5 Å². The predicted octanol–water partition coefficient (Wildman–Crippen LogP) is 3.40. The first kappa shape index (κ1) is 13.1. The number of rotatable bonds is 4. The molecule has 4 heteroatoms. The van der Waals surface area contributed by atoms with E-state index in [2.05, 4.69) is 10.6 Å². The van der Waals surface area contributed by atoms with Gasteiger partial charge in [-0.3, -0.25) is 4.79 Å². The SMILES string of the molecule is CC(=O)Nc1ccccc1CNc1cccc(F)c1. The van der Waals surface area contributed by atoms with Crippen LogP contribution in [0.2, 0.25) is 0 Å². The van der Waals surface area contributed by atoms with E-state index in [1.807, 2.05) is 24.3 Å². The van der Waals surface area contributed by atoms with Gasteiger partial charge in [0.2, 0.25) is 5.91 Å². The zero-order chi connectivity index (χ0) is 13.7. The van der Waals surface area contributed by atoms with E-state index in [9.17, 15) is 9.18 Å². The second-order valence-corrected chi connectivity index (χ2v) is 4.20. The molecule has 2 N–H and O–H groups in total. The van der Waals surface area contributed by atoms with Crippen molar-refractivity contribution in [2.75, 3.05) is 10.6 Å². The van der Waals surface area contributed by atoms with Crippen molar-refractivity contribution in [3.05, 3.63) is 59.9 Å². The largest absolute Gasteiger partial charge is 0.381 e. The molecule has 2 rings (SSSR count). The lowest BCUT2D eigenvalue weighted by Crippen LogP contribution is -2.10. The van der Waals surface area contributed by atoms with Crippen LogP contribution in [0.25, 0.3) is 0 Å². The van der Waals surface area contributed by atoms with Gasteiger partial charge in [0, 0.05) is 24.8 Å². The van der Waals surface area contributed by atoms with E-state index >= 15 is 0 Å². The molecule has 0 aromatic heterocycles. The van der Waals surface area contributed by atoms with E-state index in [-0.39, 0.29) is 11.7 Å². The van der Waals surface area contributed by atoms with Crippen molar-refractivity contribution in [1.82, 2.24) is 0 Å². The molecule has 0 heterocycles. The van der Waals surface area contributed by atoms with Crippen molar-refractivity contribution in [3.8, 4) is 0 Å². The van der Waals surface area contributed by atoms with Crippen molar-refractivity contribution in [2.24, 2.45) is 0 Å². The van der Waals surface area contributed by atoms with Crippen LogP contribution in [0.4, 0.5) is 15.8 Å². The molecule has 0 radical (unpaired) electrons. The first-order chi connectivity index (χ1) is 9.15. The molecule has 0 fully saturated rings. The van der Waals surface area contributed by atoms with E-state index in [0.29, 0.717) is 12.2 Å². The average molecular weight is 258 g/mol. The smallest absolute Gasteiger partial charge is 0.221 e. The number of hydrogen-bond acceptors (Lipinski definition) is 2. The molecule has 1 amide bonds. The summed E-state index contributed by atoms with van der Waals surface area (Å²) in [6, 6.07) is 13.8. The third-order valence-corrected chi connectivity index (χ3v) is 2.64. The highest BCUT2D eigenvalue weighted by atomic mass is 19.1. The highest BCUT2D eigenvalue weighted by Gasteiger charge is 2.03. The quantitative estimate of drug-likeness (QED) is 0.882. The van der Waals surface area contributed by atoms with Crippen molar-refractivity contribution in [3.63, 3.8) is 0 Å². The molecule has 0 atom stereocenters. The Balaban J connectivity index is 2.09. The van der Waals surface area contributed by atoms with Crippen LogP contribution in [0.5, 0.6) is 0 Å². The molecule has 2 aromatic carbocycles. The van der Waals surface area contributed by atoms with Gasteiger partial charge in [0.05, 0.1) is 0 Å². The second kappa shape index (κ2) is 6.00. The molecule has 2 aromatic rings. The molecule has 0 saturated carbocycles. The van der Waals surface area contributed by atoms with Gasteiger partial charge < -0.3 is 10.6 Å². The molecule has 3 nitrogen and oxygen atoms in total. The summed E-state index contributed by atoms with van der Waals surface area (Å²) in [6.45, 7) is 1.98. The number of anilines is 2. The average Bonchev–Trinajstić information content (AvgIpc) is 2.37. The summed E-state index contributed by atoms with van der Waals surface area (Å²) < 4.78 is 13.0. The van der Waals surface area contributed by atoms with Crippen molar-refractivity contribution >= 4 is 17.3 Å².